The maximum Gasteiger partial charge on any atom is 0.138 e. The molecule has 2 N–H and O–H groups in total. The first-order valence-corrected chi connectivity index (χ1v) is 7.28. The summed E-state index contributed by atoms with van der Waals surface area (Å²) in [4.78, 5) is 11.4. The minimum absolute atomic E-state index is 0.115. The fourth-order valence-corrected chi connectivity index (χ4v) is 1.90. The van der Waals surface area contributed by atoms with Crippen LogP contribution in [0, 0.1) is 6.92 Å². The average Bonchev–Trinajstić information content (AvgIpc) is 2.37. The molecule has 0 amide bonds. The van der Waals surface area contributed by atoms with Crippen LogP contribution < -0.4 is 10.6 Å². The van der Waals surface area contributed by atoms with Crippen LogP contribution in [0.4, 0.5) is 11.6 Å². The zero-order chi connectivity index (χ0) is 15.3. The average molecular weight is 280 g/mol. The van der Waals surface area contributed by atoms with Crippen molar-refractivity contribution in [2.45, 2.75) is 47.0 Å². The van der Waals surface area contributed by atoms with Crippen LogP contribution in [-0.4, -0.2) is 36.3 Å². The molecule has 1 aromatic heterocycles. The van der Waals surface area contributed by atoms with Crippen LogP contribution in [0.5, 0.6) is 0 Å². The molecule has 1 rings (SSSR count). The van der Waals surface area contributed by atoms with E-state index in [4.69, 9.17) is 15.5 Å². The minimum atomic E-state index is -0.115. The molecule has 0 saturated heterocycles. The van der Waals surface area contributed by atoms with E-state index < -0.39 is 0 Å². The van der Waals surface area contributed by atoms with Crippen molar-refractivity contribution in [2.75, 3.05) is 36.9 Å². The molecule has 0 aliphatic rings. The number of likely N-dealkylation sites (N-methyl/N-ethyl adjacent to an activating group) is 1. The van der Waals surface area contributed by atoms with Crippen molar-refractivity contribution in [1.29, 1.82) is 0 Å². The summed E-state index contributed by atoms with van der Waals surface area (Å²) in [5, 5.41) is 0. The van der Waals surface area contributed by atoms with Gasteiger partial charge in [0.15, 0.2) is 0 Å². The maximum absolute atomic E-state index is 6.06. The summed E-state index contributed by atoms with van der Waals surface area (Å²) in [5.41, 5.74) is 6.88. The highest BCUT2D eigenvalue weighted by atomic mass is 16.5. The molecule has 0 aliphatic carbocycles. The molecule has 0 unspecified atom stereocenters. The second kappa shape index (κ2) is 6.88. The highest BCUT2D eigenvalue weighted by Crippen LogP contribution is 2.26. The smallest absolute Gasteiger partial charge is 0.138 e. The van der Waals surface area contributed by atoms with Crippen molar-refractivity contribution in [1.82, 2.24) is 9.97 Å². The molecule has 0 spiro atoms. The molecule has 5 nitrogen and oxygen atoms in total. The Morgan fingerprint density at radius 3 is 2.35 bits per heavy atom. The lowest BCUT2D eigenvalue weighted by Crippen LogP contribution is -2.30. The molecule has 20 heavy (non-hydrogen) atoms. The summed E-state index contributed by atoms with van der Waals surface area (Å²) in [6.45, 7) is 15.5. The van der Waals surface area contributed by atoms with Crippen LogP contribution in [0.2, 0.25) is 0 Å². The zero-order valence-electron chi connectivity index (χ0n) is 13.7. The van der Waals surface area contributed by atoms with Crippen LogP contribution in [-0.2, 0) is 10.2 Å². The minimum Gasteiger partial charge on any atom is -0.383 e. The quantitative estimate of drug-likeness (QED) is 0.811. The standard InChI is InChI=1S/C15H28N4O/c1-7-19(9-10-20-8-2)13-11(3)12(16)17-14(18-13)15(4,5)6/h7-10H2,1-6H3,(H2,16,17,18). The van der Waals surface area contributed by atoms with Gasteiger partial charge in [0.2, 0.25) is 0 Å². The van der Waals surface area contributed by atoms with Crippen molar-refractivity contribution < 1.29 is 4.74 Å². The number of hydrogen-bond donors (Lipinski definition) is 1. The molecule has 0 bridgehead atoms. The van der Waals surface area contributed by atoms with Crippen molar-refractivity contribution in [3.8, 4) is 0 Å². The van der Waals surface area contributed by atoms with Crippen molar-refractivity contribution in [3.05, 3.63) is 11.4 Å². The number of rotatable bonds is 6. The Bertz CT molecular complexity index is 440. The Hall–Kier alpha value is -1.36. The highest BCUT2D eigenvalue weighted by Gasteiger charge is 2.22. The van der Waals surface area contributed by atoms with Gasteiger partial charge in [-0.2, -0.15) is 0 Å². The molecule has 0 aliphatic heterocycles. The van der Waals surface area contributed by atoms with Crippen LogP contribution in [0.25, 0.3) is 0 Å². The van der Waals surface area contributed by atoms with Gasteiger partial charge in [0.25, 0.3) is 0 Å². The Kier molecular flexibility index (Phi) is 5.74. The number of nitrogens with two attached hydrogens (primary N) is 1. The maximum atomic E-state index is 6.06. The molecule has 0 aromatic carbocycles. The number of nitrogens with zero attached hydrogens (tertiary/aromatic N) is 3. The van der Waals surface area contributed by atoms with Gasteiger partial charge in [-0.3, -0.25) is 0 Å². The number of ether oxygens (including phenoxy) is 1. The third-order valence-electron chi connectivity index (χ3n) is 3.22. The van der Waals surface area contributed by atoms with Gasteiger partial charge >= 0.3 is 0 Å². The first-order chi connectivity index (χ1) is 9.31. The van der Waals surface area contributed by atoms with E-state index in [1.807, 2.05) is 13.8 Å². The van der Waals surface area contributed by atoms with Crippen molar-refractivity contribution in [2.24, 2.45) is 0 Å². The van der Waals surface area contributed by atoms with Crippen LogP contribution in [0.1, 0.15) is 46.0 Å². The van der Waals surface area contributed by atoms with Gasteiger partial charge in [-0.05, 0) is 20.8 Å². The van der Waals surface area contributed by atoms with Crippen LogP contribution >= 0.6 is 0 Å². The largest absolute Gasteiger partial charge is 0.383 e. The third-order valence-corrected chi connectivity index (χ3v) is 3.22. The van der Waals surface area contributed by atoms with E-state index in [0.717, 1.165) is 36.9 Å². The van der Waals surface area contributed by atoms with E-state index in [0.29, 0.717) is 12.4 Å². The molecule has 0 fully saturated rings. The van der Waals surface area contributed by atoms with E-state index in [9.17, 15) is 0 Å². The Morgan fingerprint density at radius 1 is 1.20 bits per heavy atom. The summed E-state index contributed by atoms with van der Waals surface area (Å²) in [5.74, 6) is 2.27. The lowest BCUT2D eigenvalue weighted by Gasteiger charge is -2.26. The summed E-state index contributed by atoms with van der Waals surface area (Å²) in [6, 6.07) is 0. The highest BCUT2D eigenvalue weighted by molar-refractivity contribution is 5.56. The normalized spacial score (nSPS) is 11.7. The Balaban J connectivity index is 3.10. The summed E-state index contributed by atoms with van der Waals surface area (Å²) < 4.78 is 5.44. The molecule has 5 heteroatoms. The van der Waals surface area contributed by atoms with Gasteiger partial charge in [-0.15, -0.1) is 0 Å². The monoisotopic (exact) mass is 280 g/mol. The number of nitrogen functional groups attached to an aromatic ring is 1. The predicted octanol–water partition coefficient (Wildman–Crippen LogP) is 2.53. The van der Waals surface area contributed by atoms with Crippen molar-refractivity contribution >= 4 is 11.6 Å². The molecular weight excluding hydrogens is 252 g/mol. The first-order valence-electron chi connectivity index (χ1n) is 7.28. The van der Waals surface area contributed by atoms with Gasteiger partial charge in [0.1, 0.15) is 17.5 Å². The van der Waals surface area contributed by atoms with E-state index in [2.05, 4.69) is 37.6 Å². The Morgan fingerprint density at radius 2 is 1.85 bits per heavy atom. The predicted molar refractivity (Wildman–Crippen MR) is 84.3 cm³/mol. The van der Waals surface area contributed by atoms with E-state index in [1.54, 1.807) is 0 Å². The zero-order valence-corrected chi connectivity index (χ0v) is 13.7. The van der Waals surface area contributed by atoms with Crippen LogP contribution in [0.3, 0.4) is 0 Å². The van der Waals surface area contributed by atoms with Gasteiger partial charge in [0.05, 0.1) is 6.61 Å². The molecule has 1 aromatic rings. The number of aromatic nitrogens is 2. The summed E-state index contributed by atoms with van der Waals surface area (Å²) in [6.07, 6.45) is 0. The summed E-state index contributed by atoms with van der Waals surface area (Å²) >= 11 is 0. The molecule has 114 valence electrons. The summed E-state index contributed by atoms with van der Waals surface area (Å²) in [7, 11) is 0. The SMILES string of the molecule is CCOCCN(CC)c1nc(C(C)(C)C)nc(N)c1C. The van der Waals surface area contributed by atoms with E-state index >= 15 is 0 Å². The number of hydrogen-bond acceptors (Lipinski definition) is 5. The topological polar surface area (TPSA) is 64.3 Å². The van der Waals surface area contributed by atoms with E-state index in [-0.39, 0.29) is 5.41 Å². The van der Waals surface area contributed by atoms with Crippen LogP contribution in [0.15, 0.2) is 0 Å². The number of anilines is 2. The second-order valence-corrected chi connectivity index (χ2v) is 5.91. The van der Waals surface area contributed by atoms with E-state index in [1.165, 1.54) is 0 Å². The van der Waals surface area contributed by atoms with Gasteiger partial charge in [-0.25, -0.2) is 9.97 Å². The van der Waals surface area contributed by atoms with Gasteiger partial charge in [-0.1, -0.05) is 20.8 Å². The molecular formula is C15H28N4O. The molecule has 1 heterocycles. The third kappa shape index (κ3) is 4.07. The van der Waals surface area contributed by atoms with Gasteiger partial charge in [0, 0.05) is 30.7 Å². The lowest BCUT2D eigenvalue weighted by molar-refractivity contribution is 0.154. The second-order valence-electron chi connectivity index (χ2n) is 5.91. The molecule has 0 saturated carbocycles. The van der Waals surface area contributed by atoms with Crippen molar-refractivity contribution in [3.63, 3.8) is 0 Å². The van der Waals surface area contributed by atoms with Gasteiger partial charge < -0.3 is 15.4 Å². The fourth-order valence-electron chi connectivity index (χ4n) is 1.90. The lowest BCUT2D eigenvalue weighted by atomic mass is 9.95. The Labute approximate surface area is 122 Å². The first kappa shape index (κ1) is 16.7. The molecule has 0 radical (unpaired) electrons. The fraction of sp³-hybridized carbons (Fsp3) is 0.733. The molecule has 0 atom stereocenters.